The number of carbonyl (C=O) groups excluding carboxylic acids is 1. The molecule has 1 aliphatic rings. The summed E-state index contributed by atoms with van der Waals surface area (Å²) in [6.07, 6.45) is -3.79. The monoisotopic (exact) mass is 478 g/mol. The van der Waals surface area contributed by atoms with Crippen LogP contribution in [0.5, 0.6) is 0 Å². The molecular formula is C19H22ClF3N4O3S. The Labute approximate surface area is 183 Å². The van der Waals surface area contributed by atoms with E-state index >= 15 is 0 Å². The van der Waals surface area contributed by atoms with E-state index in [0.29, 0.717) is 24.2 Å². The zero-order valence-corrected chi connectivity index (χ0v) is 18.7. The van der Waals surface area contributed by atoms with Gasteiger partial charge in [-0.05, 0) is 44.9 Å². The maximum absolute atomic E-state index is 13.2. The number of carbonyl (C=O) groups is 1. The number of sulfonamides is 1. The molecule has 1 amide bonds. The van der Waals surface area contributed by atoms with Gasteiger partial charge in [0, 0.05) is 25.8 Å². The number of halogens is 4. The number of alkyl halides is 3. The Balaban J connectivity index is 1.79. The van der Waals surface area contributed by atoms with Crippen molar-refractivity contribution in [3.05, 3.63) is 40.2 Å². The van der Waals surface area contributed by atoms with E-state index < -0.39 is 38.6 Å². The first-order valence-electron chi connectivity index (χ1n) is 9.50. The van der Waals surface area contributed by atoms with Gasteiger partial charge in [0.25, 0.3) is 0 Å². The first-order valence-corrected chi connectivity index (χ1v) is 11.3. The maximum Gasteiger partial charge on any atom is 0.417 e. The Hall–Kier alpha value is -2.11. The number of anilines is 1. The smallest absolute Gasteiger partial charge is 0.326 e. The van der Waals surface area contributed by atoms with Gasteiger partial charge >= 0.3 is 6.18 Å². The lowest BCUT2D eigenvalue weighted by Crippen LogP contribution is -2.44. The summed E-state index contributed by atoms with van der Waals surface area (Å²) in [5.74, 6) is -1.25. The van der Waals surface area contributed by atoms with Crippen LogP contribution in [0.4, 0.5) is 18.9 Å². The summed E-state index contributed by atoms with van der Waals surface area (Å²) in [6.45, 7) is 3.44. The number of hydrogen-bond donors (Lipinski definition) is 1. The predicted octanol–water partition coefficient (Wildman–Crippen LogP) is 3.75. The number of nitrogens with one attached hydrogen (secondary N) is 1. The molecule has 0 radical (unpaired) electrons. The molecule has 1 saturated heterocycles. The molecule has 0 saturated carbocycles. The molecule has 7 nitrogen and oxygen atoms in total. The van der Waals surface area contributed by atoms with Gasteiger partial charge in [-0.15, -0.1) is 0 Å². The molecule has 31 heavy (non-hydrogen) atoms. The van der Waals surface area contributed by atoms with E-state index in [2.05, 4.69) is 10.4 Å². The molecule has 1 aromatic carbocycles. The summed E-state index contributed by atoms with van der Waals surface area (Å²) >= 11 is 5.61. The van der Waals surface area contributed by atoms with Crippen molar-refractivity contribution < 1.29 is 26.4 Å². The van der Waals surface area contributed by atoms with Crippen molar-refractivity contribution in [2.24, 2.45) is 13.0 Å². The standard InChI is InChI=1S/C19H22ClF3N4O3S/c1-11-17(12(2)26(3)25-11)31(29,30)27-8-4-5-13(10-27)18(28)24-14-6-7-16(20)15(9-14)19(21,22)23/h6-7,9,13H,4-5,8,10H2,1-3H3,(H,24,28)/t13-/m0/s1. The molecule has 0 aliphatic carbocycles. The average molecular weight is 479 g/mol. The molecule has 0 spiro atoms. The largest absolute Gasteiger partial charge is 0.417 e. The van der Waals surface area contributed by atoms with Crippen LogP contribution in [0.15, 0.2) is 23.1 Å². The first kappa shape index (κ1) is 23.6. The second-order valence-electron chi connectivity index (χ2n) is 7.51. The van der Waals surface area contributed by atoms with Crippen LogP contribution in [-0.2, 0) is 28.0 Å². The van der Waals surface area contributed by atoms with Gasteiger partial charge in [0.1, 0.15) is 4.90 Å². The SMILES string of the molecule is Cc1nn(C)c(C)c1S(=O)(=O)N1CCC[C@H](C(=O)Nc2ccc(Cl)c(C(F)(F)F)c2)C1. The lowest BCUT2D eigenvalue weighted by atomic mass is 9.98. The summed E-state index contributed by atoms with van der Waals surface area (Å²) < 4.78 is 68.2. The molecule has 1 N–H and O–H groups in total. The van der Waals surface area contributed by atoms with E-state index in [0.717, 1.165) is 12.1 Å². The Morgan fingerprint density at radius 3 is 2.55 bits per heavy atom. The Kier molecular flexibility index (Phi) is 6.41. The molecule has 3 rings (SSSR count). The molecule has 0 unspecified atom stereocenters. The highest BCUT2D eigenvalue weighted by molar-refractivity contribution is 7.89. The molecule has 1 fully saturated rings. The summed E-state index contributed by atoms with van der Waals surface area (Å²) in [7, 11) is -2.22. The lowest BCUT2D eigenvalue weighted by Gasteiger charge is -2.31. The fourth-order valence-corrected chi connectivity index (χ4v) is 5.84. The van der Waals surface area contributed by atoms with E-state index in [4.69, 9.17) is 11.6 Å². The zero-order valence-electron chi connectivity index (χ0n) is 17.1. The van der Waals surface area contributed by atoms with Crippen LogP contribution >= 0.6 is 11.6 Å². The molecular weight excluding hydrogens is 457 g/mol. The second kappa shape index (κ2) is 8.44. The zero-order chi connectivity index (χ0) is 23.1. The first-order chi connectivity index (χ1) is 14.3. The third-order valence-corrected chi connectivity index (χ3v) is 7.78. The number of nitrogens with zero attached hydrogens (tertiary/aromatic N) is 3. The molecule has 170 valence electrons. The van der Waals surface area contributed by atoms with Gasteiger partial charge in [-0.3, -0.25) is 9.48 Å². The van der Waals surface area contributed by atoms with Gasteiger partial charge in [-0.1, -0.05) is 11.6 Å². The topological polar surface area (TPSA) is 84.3 Å². The van der Waals surface area contributed by atoms with Crippen LogP contribution in [0.1, 0.15) is 29.8 Å². The van der Waals surface area contributed by atoms with E-state index in [1.165, 1.54) is 15.1 Å². The van der Waals surface area contributed by atoms with Gasteiger partial charge in [0.2, 0.25) is 15.9 Å². The summed E-state index contributed by atoms with van der Waals surface area (Å²) in [6, 6.07) is 3.10. The quantitative estimate of drug-likeness (QED) is 0.725. The van der Waals surface area contributed by atoms with Gasteiger partial charge < -0.3 is 5.32 Å². The highest BCUT2D eigenvalue weighted by Crippen LogP contribution is 2.36. The van der Waals surface area contributed by atoms with Crippen LogP contribution in [0, 0.1) is 19.8 Å². The van der Waals surface area contributed by atoms with E-state index in [-0.39, 0.29) is 23.7 Å². The van der Waals surface area contributed by atoms with Crippen LogP contribution in [-0.4, -0.2) is 41.5 Å². The van der Waals surface area contributed by atoms with Crippen molar-refractivity contribution in [1.29, 1.82) is 0 Å². The van der Waals surface area contributed by atoms with Crippen molar-refractivity contribution in [3.63, 3.8) is 0 Å². The Bertz CT molecular complexity index is 1120. The number of aromatic nitrogens is 2. The van der Waals surface area contributed by atoms with Crippen molar-refractivity contribution in [3.8, 4) is 0 Å². The predicted molar refractivity (Wildman–Crippen MR) is 109 cm³/mol. The van der Waals surface area contributed by atoms with Crippen molar-refractivity contribution in [2.75, 3.05) is 18.4 Å². The fraction of sp³-hybridized carbons (Fsp3) is 0.474. The number of amides is 1. The second-order valence-corrected chi connectivity index (χ2v) is 9.79. The van der Waals surface area contributed by atoms with Crippen LogP contribution in [0.3, 0.4) is 0 Å². The van der Waals surface area contributed by atoms with Gasteiger partial charge in [0.05, 0.1) is 27.9 Å². The van der Waals surface area contributed by atoms with Gasteiger partial charge in [0.15, 0.2) is 0 Å². The molecule has 12 heteroatoms. The lowest BCUT2D eigenvalue weighted by molar-refractivity contribution is -0.137. The fourth-order valence-electron chi connectivity index (χ4n) is 3.70. The maximum atomic E-state index is 13.2. The van der Waals surface area contributed by atoms with Crippen LogP contribution in [0.25, 0.3) is 0 Å². The van der Waals surface area contributed by atoms with Gasteiger partial charge in [-0.25, -0.2) is 8.42 Å². The third kappa shape index (κ3) is 4.73. The molecule has 1 aromatic heterocycles. The summed E-state index contributed by atoms with van der Waals surface area (Å²) in [5, 5.41) is 6.13. The Morgan fingerprint density at radius 2 is 1.97 bits per heavy atom. The Morgan fingerprint density at radius 1 is 1.29 bits per heavy atom. The number of rotatable bonds is 4. The average Bonchev–Trinajstić information content (AvgIpc) is 2.94. The van der Waals surface area contributed by atoms with Gasteiger partial charge in [-0.2, -0.15) is 22.6 Å². The normalized spacial score (nSPS) is 18.2. The minimum atomic E-state index is -4.66. The van der Waals surface area contributed by atoms with Crippen molar-refractivity contribution in [1.82, 2.24) is 14.1 Å². The molecule has 2 aromatic rings. The third-order valence-electron chi connectivity index (χ3n) is 5.33. The number of hydrogen-bond acceptors (Lipinski definition) is 4. The molecule has 0 bridgehead atoms. The van der Waals surface area contributed by atoms with Crippen LogP contribution in [0.2, 0.25) is 5.02 Å². The molecule has 2 heterocycles. The molecule has 1 aliphatic heterocycles. The van der Waals surface area contributed by atoms with Crippen molar-refractivity contribution in [2.45, 2.75) is 37.8 Å². The van der Waals surface area contributed by atoms with E-state index in [1.807, 2.05) is 0 Å². The molecule has 1 atom stereocenters. The minimum Gasteiger partial charge on any atom is -0.326 e. The highest BCUT2D eigenvalue weighted by atomic mass is 35.5. The number of aryl methyl sites for hydroxylation is 2. The number of piperidine rings is 1. The van der Waals surface area contributed by atoms with Crippen LogP contribution < -0.4 is 5.32 Å². The highest BCUT2D eigenvalue weighted by Gasteiger charge is 2.37. The summed E-state index contributed by atoms with van der Waals surface area (Å²) in [5.41, 5.74) is -0.250. The van der Waals surface area contributed by atoms with E-state index in [9.17, 15) is 26.4 Å². The minimum absolute atomic E-state index is 0.0550. The number of benzene rings is 1. The van der Waals surface area contributed by atoms with E-state index in [1.54, 1.807) is 20.9 Å². The summed E-state index contributed by atoms with van der Waals surface area (Å²) in [4.78, 5) is 12.8. The van der Waals surface area contributed by atoms with Crippen molar-refractivity contribution >= 4 is 33.2 Å².